The third-order valence-electron chi connectivity index (χ3n) is 3.35. The molecule has 1 aliphatic heterocycles. The summed E-state index contributed by atoms with van der Waals surface area (Å²) >= 11 is 3.42. The number of carbonyl (C=O) groups excluding carboxylic acids is 1. The van der Waals surface area contributed by atoms with E-state index < -0.39 is 5.79 Å². The number of benzene rings is 1. The van der Waals surface area contributed by atoms with E-state index in [9.17, 15) is 4.79 Å². The van der Waals surface area contributed by atoms with Gasteiger partial charge in [0.05, 0.1) is 30.8 Å². The Labute approximate surface area is 139 Å². The summed E-state index contributed by atoms with van der Waals surface area (Å²) in [5.41, 5.74) is 0. The number of carbonyl (C=O) groups is 1. The zero-order valence-corrected chi connectivity index (χ0v) is 14.4. The van der Waals surface area contributed by atoms with Gasteiger partial charge in [0.2, 0.25) is 5.91 Å². The molecule has 0 atom stereocenters. The minimum absolute atomic E-state index is 0.0188. The number of rotatable bonds is 7. The number of ether oxygens (including phenoxy) is 3. The van der Waals surface area contributed by atoms with E-state index in [0.717, 1.165) is 16.6 Å². The summed E-state index contributed by atoms with van der Waals surface area (Å²) in [5, 5.41) is 2.85. The molecular weight excluding hydrogens is 350 g/mol. The Morgan fingerprint density at radius 3 is 2.82 bits per heavy atom. The molecule has 2 rings (SSSR count). The molecule has 1 aromatic carbocycles. The lowest BCUT2D eigenvalue weighted by Gasteiger charge is -2.33. The predicted molar refractivity (Wildman–Crippen MR) is 86.8 cm³/mol. The summed E-state index contributed by atoms with van der Waals surface area (Å²) in [6, 6.07) is 7.66. The van der Waals surface area contributed by atoms with Gasteiger partial charge in [0.15, 0.2) is 5.79 Å². The van der Waals surface area contributed by atoms with Crippen molar-refractivity contribution in [2.75, 3.05) is 26.4 Å². The van der Waals surface area contributed by atoms with Gasteiger partial charge in [0.1, 0.15) is 5.75 Å². The number of nitrogens with one attached hydrogen (secondary N) is 1. The molecule has 0 radical (unpaired) electrons. The highest BCUT2D eigenvalue weighted by molar-refractivity contribution is 9.10. The number of amides is 1. The fourth-order valence-electron chi connectivity index (χ4n) is 2.10. The van der Waals surface area contributed by atoms with Crippen LogP contribution in [0.3, 0.4) is 0 Å². The quantitative estimate of drug-likeness (QED) is 0.748. The summed E-state index contributed by atoms with van der Waals surface area (Å²) < 4.78 is 17.6. The van der Waals surface area contributed by atoms with Crippen molar-refractivity contribution in [1.82, 2.24) is 5.32 Å². The van der Waals surface area contributed by atoms with E-state index >= 15 is 0 Å². The van der Waals surface area contributed by atoms with Crippen molar-refractivity contribution in [1.29, 1.82) is 0 Å². The number of halogens is 1. The van der Waals surface area contributed by atoms with Gasteiger partial charge in [-0.25, -0.2) is 0 Å². The first-order valence-electron chi connectivity index (χ1n) is 7.51. The number of hydrogen-bond donors (Lipinski definition) is 1. The summed E-state index contributed by atoms with van der Waals surface area (Å²) in [6.07, 6.45) is 1.97. The molecule has 0 unspecified atom stereocenters. The predicted octanol–water partition coefficient (Wildman–Crippen LogP) is 2.88. The van der Waals surface area contributed by atoms with Crippen LogP contribution in [0, 0.1) is 0 Å². The van der Waals surface area contributed by atoms with E-state index in [1.807, 2.05) is 31.2 Å². The Bertz CT molecular complexity index is 489. The zero-order valence-electron chi connectivity index (χ0n) is 12.8. The first-order valence-corrected chi connectivity index (χ1v) is 8.30. The molecule has 0 aliphatic carbocycles. The van der Waals surface area contributed by atoms with Crippen LogP contribution in [0.4, 0.5) is 0 Å². The van der Waals surface area contributed by atoms with E-state index in [1.54, 1.807) is 0 Å². The molecule has 1 N–H and O–H groups in total. The molecule has 0 saturated carbocycles. The van der Waals surface area contributed by atoms with Gasteiger partial charge in [-0.1, -0.05) is 12.1 Å². The molecule has 1 aromatic rings. The van der Waals surface area contributed by atoms with Gasteiger partial charge < -0.3 is 19.5 Å². The van der Waals surface area contributed by atoms with E-state index in [1.165, 1.54) is 0 Å². The van der Waals surface area contributed by atoms with Crippen molar-refractivity contribution in [2.45, 2.75) is 32.0 Å². The fourth-order valence-corrected chi connectivity index (χ4v) is 2.50. The van der Waals surface area contributed by atoms with Crippen LogP contribution in [0.15, 0.2) is 28.7 Å². The lowest BCUT2D eigenvalue weighted by molar-refractivity contribution is -0.251. The highest BCUT2D eigenvalue weighted by Crippen LogP contribution is 2.23. The minimum atomic E-state index is -0.695. The van der Waals surface area contributed by atoms with Gasteiger partial charge in [-0.3, -0.25) is 4.79 Å². The SMILES string of the molecule is CC1(CNC(=O)CCCOc2ccccc2Br)OCCCO1. The average Bonchev–Trinajstić information content (AvgIpc) is 2.52. The summed E-state index contributed by atoms with van der Waals surface area (Å²) in [5.74, 6) is 0.0772. The molecule has 6 heteroatoms. The highest BCUT2D eigenvalue weighted by Gasteiger charge is 2.29. The van der Waals surface area contributed by atoms with Crippen molar-refractivity contribution >= 4 is 21.8 Å². The smallest absolute Gasteiger partial charge is 0.220 e. The van der Waals surface area contributed by atoms with Crippen LogP contribution < -0.4 is 10.1 Å². The fraction of sp³-hybridized carbons (Fsp3) is 0.562. The van der Waals surface area contributed by atoms with E-state index in [2.05, 4.69) is 21.2 Å². The van der Waals surface area contributed by atoms with Crippen LogP contribution in [0.2, 0.25) is 0 Å². The van der Waals surface area contributed by atoms with Crippen LogP contribution in [0.1, 0.15) is 26.2 Å². The van der Waals surface area contributed by atoms with Crippen molar-refractivity contribution in [3.63, 3.8) is 0 Å². The third-order valence-corrected chi connectivity index (χ3v) is 4.01. The van der Waals surface area contributed by atoms with E-state index in [-0.39, 0.29) is 5.91 Å². The maximum atomic E-state index is 11.8. The lowest BCUT2D eigenvalue weighted by Crippen LogP contribution is -2.47. The first-order chi connectivity index (χ1) is 10.6. The second kappa shape index (κ2) is 8.50. The lowest BCUT2D eigenvalue weighted by atomic mass is 10.2. The van der Waals surface area contributed by atoms with Crippen LogP contribution in [-0.4, -0.2) is 38.1 Å². The van der Waals surface area contributed by atoms with Crippen LogP contribution in [0.25, 0.3) is 0 Å². The van der Waals surface area contributed by atoms with E-state index in [4.69, 9.17) is 14.2 Å². The monoisotopic (exact) mass is 371 g/mol. The van der Waals surface area contributed by atoms with Crippen molar-refractivity contribution in [3.05, 3.63) is 28.7 Å². The number of para-hydroxylation sites is 1. The minimum Gasteiger partial charge on any atom is -0.492 e. The zero-order chi connectivity index (χ0) is 15.8. The Kier molecular flexibility index (Phi) is 6.67. The molecule has 1 saturated heterocycles. The second-order valence-electron chi connectivity index (χ2n) is 5.34. The van der Waals surface area contributed by atoms with Crippen molar-refractivity contribution < 1.29 is 19.0 Å². The highest BCUT2D eigenvalue weighted by atomic mass is 79.9. The van der Waals surface area contributed by atoms with Crippen LogP contribution in [0.5, 0.6) is 5.75 Å². The second-order valence-corrected chi connectivity index (χ2v) is 6.20. The van der Waals surface area contributed by atoms with Gasteiger partial charge in [-0.2, -0.15) is 0 Å². The van der Waals surface area contributed by atoms with Gasteiger partial charge in [-0.05, 0) is 47.8 Å². The normalized spacial score (nSPS) is 17.0. The largest absolute Gasteiger partial charge is 0.492 e. The van der Waals surface area contributed by atoms with Gasteiger partial charge in [-0.15, -0.1) is 0 Å². The maximum absolute atomic E-state index is 11.8. The molecule has 0 aromatic heterocycles. The molecule has 5 nitrogen and oxygen atoms in total. The molecule has 1 aliphatic rings. The Balaban J connectivity index is 1.61. The summed E-state index contributed by atoms with van der Waals surface area (Å²) in [4.78, 5) is 11.8. The number of hydrogen-bond acceptors (Lipinski definition) is 4. The summed E-state index contributed by atoms with van der Waals surface area (Å²) in [6.45, 7) is 4.07. The molecule has 0 bridgehead atoms. The van der Waals surface area contributed by atoms with E-state index in [0.29, 0.717) is 39.2 Å². The van der Waals surface area contributed by atoms with Gasteiger partial charge in [0, 0.05) is 6.42 Å². The standard InChI is InChI=1S/C16H22BrNO4/c1-16(21-10-5-11-22-16)12-18-15(19)8-4-9-20-14-7-3-2-6-13(14)17/h2-3,6-7H,4-5,8-12H2,1H3,(H,18,19). The molecule has 122 valence electrons. The average molecular weight is 372 g/mol. The molecular formula is C16H22BrNO4. The molecule has 0 spiro atoms. The first kappa shape index (κ1) is 17.2. The van der Waals surface area contributed by atoms with Crippen molar-refractivity contribution in [3.8, 4) is 5.75 Å². The molecule has 22 heavy (non-hydrogen) atoms. The Morgan fingerprint density at radius 1 is 1.36 bits per heavy atom. The van der Waals surface area contributed by atoms with Gasteiger partial charge >= 0.3 is 0 Å². The Morgan fingerprint density at radius 2 is 2.09 bits per heavy atom. The van der Waals surface area contributed by atoms with Crippen molar-refractivity contribution in [2.24, 2.45) is 0 Å². The Hall–Kier alpha value is -1.11. The topological polar surface area (TPSA) is 56.8 Å². The van der Waals surface area contributed by atoms with Gasteiger partial charge in [0.25, 0.3) is 0 Å². The molecule has 1 fully saturated rings. The molecule has 1 heterocycles. The van der Waals surface area contributed by atoms with Crippen LogP contribution >= 0.6 is 15.9 Å². The van der Waals surface area contributed by atoms with Crippen LogP contribution in [-0.2, 0) is 14.3 Å². The molecule has 1 amide bonds. The third kappa shape index (κ3) is 5.59. The maximum Gasteiger partial charge on any atom is 0.220 e. The summed E-state index contributed by atoms with van der Waals surface area (Å²) in [7, 11) is 0.